The van der Waals surface area contributed by atoms with E-state index >= 15 is 0 Å². The number of sulfonamides is 1. The predicted molar refractivity (Wildman–Crippen MR) is 119 cm³/mol. The molecule has 1 amide bonds. The molecule has 160 valence electrons. The Morgan fingerprint density at radius 3 is 2.30 bits per heavy atom. The Kier molecular flexibility index (Phi) is 6.54. The molecule has 0 radical (unpaired) electrons. The predicted octanol–water partition coefficient (Wildman–Crippen LogP) is 2.03. The fourth-order valence-corrected chi connectivity index (χ4v) is 5.70. The molecule has 0 bridgehead atoms. The third-order valence-electron chi connectivity index (χ3n) is 5.61. The number of rotatable bonds is 5. The van der Waals surface area contributed by atoms with E-state index in [0.29, 0.717) is 32.6 Å². The molecule has 0 saturated carbocycles. The molecule has 2 fully saturated rings. The zero-order chi connectivity index (χ0) is 21.1. The van der Waals surface area contributed by atoms with Crippen LogP contribution in [0, 0.1) is 0 Å². The van der Waals surface area contributed by atoms with Gasteiger partial charge >= 0.3 is 0 Å². The number of hydrogen-bond donors (Lipinski definition) is 2. The molecule has 2 N–H and O–H groups in total. The van der Waals surface area contributed by atoms with Gasteiger partial charge in [0.2, 0.25) is 15.9 Å². The molecule has 30 heavy (non-hydrogen) atoms. The van der Waals surface area contributed by atoms with Crippen LogP contribution in [0.1, 0.15) is 23.6 Å². The number of halogens is 1. The van der Waals surface area contributed by atoms with Crippen molar-refractivity contribution in [3.8, 4) is 0 Å². The number of hydrazine groups is 1. The molecule has 0 aliphatic carbocycles. The second-order valence-electron chi connectivity index (χ2n) is 7.65. The molecule has 2 heterocycles. The largest absolute Gasteiger partial charge is 0.339 e. The van der Waals surface area contributed by atoms with Crippen molar-refractivity contribution in [1.29, 1.82) is 0 Å². The third kappa shape index (κ3) is 4.92. The van der Waals surface area contributed by atoms with Crippen LogP contribution in [0.4, 0.5) is 0 Å². The summed E-state index contributed by atoms with van der Waals surface area (Å²) >= 11 is 3.43. The molecule has 2 aliphatic heterocycles. The number of nitrogens with zero attached hydrogens (tertiary/aromatic N) is 2. The Bertz CT molecular complexity index is 977. The smallest absolute Gasteiger partial charge is 0.241 e. The van der Waals surface area contributed by atoms with E-state index in [9.17, 15) is 13.2 Å². The van der Waals surface area contributed by atoms with Crippen LogP contribution in [0.3, 0.4) is 0 Å². The summed E-state index contributed by atoms with van der Waals surface area (Å²) in [4.78, 5) is 14.7. The van der Waals surface area contributed by atoms with Crippen molar-refractivity contribution in [1.82, 2.24) is 20.1 Å². The van der Waals surface area contributed by atoms with Gasteiger partial charge in [-0.15, -0.1) is 0 Å². The summed E-state index contributed by atoms with van der Waals surface area (Å²) in [7, 11) is -3.39. The summed E-state index contributed by atoms with van der Waals surface area (Å²) < 4.78 is 27.9. The van der Waals surface area contributed by atoms with Crippen LogP contribution in [0.2, 0.25) is 0 Å². The van der Waals surface area contributed by atoms with Gasteiger partial charge in [-0.1, -0.05) is 58.4 Å². The number of amides is 1. The topological polar surface area (TPSA) is 81.8 Å². The molecule has 7 nitrogen and oxygen atoms in total. The Balaban J connectivity index is 1.31. The molecular weight excluding hydrogens is 468 g/mol. The number of nitrogens with one attached hydrogen (secondary N) is 2. The summed E-state index contributed by atoms with van der Waals surface area (Å²) in [6.45, 7) is 1.48. The highest BCUT2D eigenvalue weighted by atomic mass is 79.9. The van der Waals surface area contributed by atoms with Crippen molar-refractivity contribution < 1.29 is 13.2 Å². The molecule has 4 rings (SSSR count). The van der Waals surface area contributed by atoms with E-state index in [1.807, 2.05) is 54.6 Å². The van der Waals surface area contributed by atoms with Crippen molar-refractivity contribution in [2.45, 2.75) is 24.3 Å². The minimum absolute atomic E-state index is 0.00917. The number of carbonyl (C=O) groups is 1. The van der Waals surface area contributed by atoms with E-state index in [4.69, 9.17) is 0 Å². The van der Waals surface area contributed by atoms with Gasteiger partial charge in [-0.2, -0.15) is 4.31 Å². The fraction of sp³-hybridized carbons (Fsp3) is 0.381. The highest BCUT2D eigenvalue weighted by molar-refractivity contribution is 9.10. The monoisotopic (exact) mass is 492 g/mol. The van der Waals surface area contributed by atoms with E-state index in [1.54, 1.807) is 4.90 Å². The first-order valence-electron chi connectivity index (χ1n) is 9.99. The molecule has 9 heteroatoms. The number of benzene rings is 2. The van der Waals surface area contributed by atoms with Crippen molar-refractivity contribution in [3.05, 3.63) is 70.2 Å². The SMILES string of the molecule is O=C(C1CC(c2ccc(Br)cc2)NN1)N1CCN(S(=O)(=O)Cc2ccccc2)CC1. The van der Waals surface area contributed by atoms with Crippen LogP contribution < -0.4 is 10.9 Å². The lowest BCUT2D eigenvalue weighted by molar-refractivity contribution is -0.134. The second-order valence-corrected chi connectivity index (χ2v) is 10.5. The summed E-state index contributed by atoms with van der Waals surface area (Å²) in [5.74, 6) is 0.00677. The molecule has 2 atom stereocenters. The van der Waals surface area contributed by atoms with Crippen LogP contribution in [0.5, 0.6) is 0 Å². The van der Waals surface area contributed by atoms with Gasteiger partial charge in [-0.05, 0) is 29.7 Å². The fourth-order valence-electron chi connectivity index (χ4n) is 3.91. The lowest BCUT2D eigenvalue weighted by atomic mass is 10.0. The van der Waals surface area contributed by atoms with E-state index in [0.717, 1.165) is 15.6 Å². The third-order valence-corrected chi connectivity index (χ3v) is 7.99. The minimum atomic E-state index is -3.39. The summed E-state index contributed by atoms with van der Waals surface area (Å²) in [5, 5.41) is 0. The zero-order valence-corrected chi connectivity index (χ0v) is 18.9. The molecule has 0 aromatic heterocycles. The lowest BCUT2D eigenvalue weighted by Gasteiger charge is -2.35. The van der Waals surface area contributed by atoms with E-state index in [-0.39, 0.29) is 23.7 Å². The maximum absolute atomic E-state index is 12.9. The maximum atomic E-state index is 12.9. The maximum Gasteiger partial charge on any atom is 0.241 e. The van der Waals surface area contributed by atoms with Gasteiger partial charge in [-0.25, -0.2) is 19.3 Å². The molecular formula is C21H25BrN4O3S. The zero-order valence-electron chi connectivity index (χ0n) is 16.5. The first-order chi connectivity index (χ1) is 14.4. The van der Waals surface area contributed by atoms with Crippen LogP contribution in [-0.2, 0) is 20.6 Å². The highest BCUT2D eigenvalue weighted by Crippen LogP contribution is 2.25. The van der Waals surface area contributed by atoms with Crippen LogP contribution in [0.25, 0.3) is 0 Å². The quantitative estimate of drug-likeness (QED) is 0.667. The molecule has 2 aromatic rings. The Morgan fingerprint density at radius 1 is 0.967 bits per heavy atom. The average Bonchev–Trinajstić information content (AvgIpc) is 3.24. The van der Waals surface area contributed by atoms with Crippen LogP contribution in [-0.4, -0.2) is 55.8 Å². The van der Waals surface area contributed by atoms with Gasteiger partial charge in [0.15, 0.2) is 0 Å². The van der Waals surface area contributed by atoms with Gasteiger partial charge < -0.3 is 4.90 Å². The van der Waals surface area contributed by atoms with Crippen molar-refractivity contribution in [3.63, 3.8) is 0 Å². The number of piperazine rings is 1. The summed E-state index contributed by atoms with van der Waals surface area (Å²) in [5.41, 5.74) is 8.21. The first kappa shape index (κ1) is 21.5. The van der Waals surface area contributed by atoms with E-state index < -0.39 is 10.0 Å². The van der Waals surface area contributed by atoms with Gasteiger partial charge in [0, 0.05) is 36.7 Å². The average molecular weight is 493 g/mol. The molecule has 0 spiro atoms. The van der Waals surface area contributed by atoms with Crippen LogP contribution >= 0.6 is 15.9 Å². The Labute approximate surface area is 185 Å². The minimum Gasteiger partial charge on any atom is -0.339 e. The van der Waals surface area contributed by atoms with Gasteiger partial charge in [0.25, 0.3) is 0 Å². The van der Waals surface area contributed by atoms with Crippen molar-refractivity contribution >= 4 is 31.9 Å². The lowest BCUT2D eigenvalue weighted by Crippen LogP contribution is -2.54. The van der Waals surface area contributed by atoms with Gasteiger partial charge in [0.05, 0.1) is 5.75 Å². The second kappa shape index (κ2) is 9.15. The van der Waals surface area contributed by atoms with Crippen LogP contribution in [0.15, 0.2) is 59.1 Å². The molecule has 2 aliphatic rings. The van der Waals surface area contributed by atoms with Crippen molar-refractivity contribution in [2.75, 3.05) is 26.2 Å². The number of hydrogen-bond acceptors (Lipinski definition) is 5. The summed E-state index contributed by atoms with van der Waals surface area (Å²) in [6.07, 6.45) is 0.660. The Hall–Kier alpha value is -1.78. The molecule has 2 saturated heterocycles. The van der Waals surface area contributed by atoms with E-state index in [2.05, 4.69) is 26.8 Å². The standard InChI is InChI=1S/C21H25BrN4O3S/c22-18-8-6-17(7-9-18)19-14-20(24-23-19)21(27)25-10-12-26(13-11-25)30(28,29)15-16-4-2-1-3-5-16/h1-9,19-20,23-24H,10-15H2. The van der Waals surface area contributed by atoms with Crippen molar-refractivity contribution in [2.24, 2.45) is 0 Å². The molecule has 2 unspecified atom stereocenters. The van der Waals surface area contributed by atoms with E-state index in [1.165, 1.54) is 4.31 Å². The molecule has 2 aromatic carbocycles. The first-order valence-corrected chi connectivity index (χ1v) is 12.4. The normalized spacial score (nSPS) is 22.9. The summed E-state index contributed by atoms with van der Waals surface area (Å²) in [6, 6.07) is 17.0. The van der Waals surface area contributed by atoms with Gasteiger partial charge in [0.1, 0.15) is 6.04 Å². The van der Waals surface area contributed by atoms with Gasteiger partial charge in [-0.3, -0.25) is 4.79 Å². The highest BCUT2D eigenvalue weighted by Gasteiger charge is 2.35. The Morgan fingerprint density at radius 2 is 1.63 bits per heavy atom. The number of carbonyl (C=O) groups excluding carboxylic acids is 1.